The van der Waals surface area contributed by atoms with Gasteiger partial charge in [0.2, 0.25) is 0 Å². The Labute approximate surface area is 95.0 Å². The SMILES string of the molecule is O=C(O)CCC(CC(=O)O)=C1CCCCC1. The second kappa shape index (κ2) is 6.30. The van der Waals surface area contributed by atoms with Gasteiger partial charge in [-0.15, -0.1) is 0 Å². The number of hydrogen-bond acceptors (Lipinski definition) is 2. The number of rotatable bonds is 5. The maximum Gasteiger partial charge on any atom is 0.307 e. The van der Waals surface area contributed by atoms with Gasteiger partial charge in [0.1, 0.15) is 0 Å². The molecule has 4 heteroatoms. The van der Waals surface area contributed by atoms with E-state index < -0.39 is 11.9 Å². The molecule has 1 aliphatic carbocycles. The highest BCUT2D eigenvalue weighted by Gasteiger charge is 2.14. The average Bonchev–Trinajstić information content (AvgIpc) is 2.25. The Balaban J connectivity index is 2.67. The highest BCUT2D eigenvalue weighted by Crippen LogP contribution is 2.29. The second-order valence-corrected chi connectivity index (χ2v) is 4.23. The van der Waals surface area contributed by atoms with Gasteiger partial charge in [0.15, 0.2) is 0 Å². The first-order valence-corrected chi connectivity index (χ1v) is 5.73. The van der Waals surface area contributed by atoms with Gasteiger partial charge < -0.3 is 10.2 Å². The fraction of sp³-hybridized carbons (Fsp3) is 0.667. The molecule has 0 amide bonds. The molecule has 0 unspecified atom stereocenters. The van der Waals surface area contributed by atoms with Crippen molar-refractivity contribution in [1.82, 2.24) is 0 Å². The summed E-state index contributed by atoms with van der Waals surface area (Å²) in [4.78, 5) is 21.2. The van der Waals surface area contributed by atoms with Gasteiger partial charge in [0.25, 0.3) is 0 Å². The van der Waals surface area contributed by atoms with Crippen LogP contribution in [0.3, 0.4) is 0 Å². The van der Waals surface area contributed by atoms with Crippen LogP contribution in [0.2, 0.25) is 0 Å². The van der Waals surface area contributed by atoms with Crippen molar-refractivity contribution < 1.29 is 19.8 Å². The van der Waals surface area contributed by atoms with Crippen LogP contribution in [0, 0.1) is 0 Å². The summed E-state index contributed by atoms with van der Waals surface area (Å²) < 4.78 is 0. The molecule has 16 heavy (non-hydrogen) atoms. The average molecular weight is 226 g/mol. The molecule has 1 rings (SSSR count). The monoisotopic (exact) mass is 226 g/mol. The zero-order chi connectivity index (χ0) is 12.0. The topological polar surface area (TPSA) is 74.6 Å². The minimum Gasteiger partial charge on any atom is -0.481 e. The number of carboxylic acid groups (broad SMARTS) is 2. The molecule has 1 fully saturated rings. The first-order valence-electron chi connectivity index (χ1n) is 5.73. The van der Waals surface area contributed by atoms with E-state index in [1.807, 2.05) is 0 Å². The summed E-state index contributed by atoms with van der Waals surface area (Å²) in [5.74, 6) is -1.72. The van der Waals surface area contributed by atoms with Crippen LogP contribution in [0.1, 0.15) is 51.4 Å². The van der Waals surface area contributed by atoms with Gasteiger partial charge in [0.05, 0.1) is 6.42 Å². The first kappa shape index (κ1) is 12.7. The number of allylic oxidation sites excluding steroid dienone is 1. The Kier molecular flexibility index (Phi) is 5.02. The van der Waals surface area contributed by atoms with Crippen LogP contribution < -0.4 is 0 Å². The van der Waals surface area contributed by atoms with Crippen molar-refractivity contribution in [1.29, 1.82) is 0 Å². The van der Waals surface area contributed by atoms with Crippen molar-refractivity contribution in [2.45, 2.75) is 51.4 Å². The summed E-state index contributed by atoms with van der Waals surface area (Å²) in [6, 6.07) is 0. The normalized spacial score (nSPS) is 15.9. The molecule has 0 heterocycles. The maximum absolute atomic E-state index is 10.7. The quantitative estimate of drug-likeness (QED) is 0.706. The van der Waals surface area contributed by atoms with Crippen LogP contribution in [-0.4, -0.2) is 22.2 Å². The minimum atomic E-state index is -0.863. The van der Waals surface area contributed by atoms with E-state index in [-0.39, 0.29) is 12.8 Å². The van der Waals surface area contributed by atoms with E-state index in [1.54, 1.807) is 0 Å². The van der Waals surface area contributed by atoms with Crippen LogP contribution in [0.4, 0.5) is 0 Å². The van der Waals surface area contributed by atoms with Gasteiger partial charge in [-0.2, -0.15) is 0 Å². The Morgan fingerprint density at radius 1 is 0.938 bits per heavy atom. The summed E-state index contributed by atoms with van der Waals surface area (Å²) in [5, 5.41) is 17.4. The molecular weight excluding hydrogens is 208 g/mol. The van der Waals surface area contributed by atoms with E-state index in [0.717, 1.165) is 31.3 Å². The lowest BCUT2D eigenvalue weighted by Gasteiger charge is -2.18. The molecule has 0 atom stereocenters. The summed E-state index contributed by atoms with van der Waals surface area (Å²) in [6.07, 6.45) is 5.72. The third-order valence-corrected chi connectivity index (χ3v) is 2.96. The van der Waals surface area contributed by atoms with E-state index in [1.165, 1.54) is 12.0 Å². The third-order valence-electron chi connectivity index (χ3n) is 2.96. The largest absolute Gasteiger partial charge is 0.481 e. The summed E-state index contributed by atoms with van der Waals surface area (Å²) in [5.41, 5.74) is 2.03. The Hall–Kier alpha value is -1.32. The van der Waals surface area contributed by atoms with E-state index in [4.69, 9.17) is 10.2 Å². The molecule has 1 aliphatic rings. The predicted octanol–water partition coefficient (Wildman–Crippen LogP) is 2.59. The third kappa shape index (κ3) is 4.47. The molecule has 1 saturated carbocycles. The molecule has 0 spiro atoms. The van der Waals surface area contributed by atoms with Gasteiger partial charge >= 0.3 is 11.9 Å². The van der Waals surface area contributed by atoms with E-state index in [2.05, 4.69) is 0 Å². The van der Waals surface area contributed by atoms with E-state index in [9.17, 15) is 9.59 Å². The molecule has 2 N–H and O–H groups in total. The predicted molar refractivity (Wildman–Crippen MR) is 59.2 cm³/mol. The minimum absolute atomic E-state index is 0.00259. The van der Waals surface area contributed by atoms with Gasteiger partial charge in [-0.05, 0) is 32.1 Å². The lowest BCUT2D eigenvalue weighted by molar-refractivity contribution is -0.138. The van der Waals surface area contributed by atoms with Gasteiger partial charge in [0, 0.05) is 6.42 Å². The van der Waals surface area contributed by atoms with Crippen molar-refractivity contribution in [3.63, 3.8) is 0 Å². The molecule has 0 aromatic heterocycles. The zero-order valence-corrected chi connectivity index (χ0v) is 9.37. The highest BCUT2D eigenvalue weighted by molar-refractivity contribution is 5.71. The lowest BCUT2D eigenvalue weighted by Crippen LogP contribution is -2.06. The molecule has 0 aromatic rings. The van der Waals surface area contributed by atoms with Crippen molar-refractivity contribution >= 4 is 11.9 Å². The van der Waals surface area contributed by atoms with Crippen LogP contribution in [-0.2, 0) is 9.59 Å². The Morgan fingerprint density at radius 2 is 1.56 bits per heavy atom. The number of carbonyl (C=O) groups is 2. The molecule has 0 radical (unpaired) electrons. The zero-order valence-electron chi connectivity index (χ0n) is 9.37. The number of aliphatic carboxylic acids is 2. The standard InChI is InChI=1S/C12H18O4/c13-11(14)7-6-10(8-12(15)16)9-4-2-1-3-5-9/h1-8H2,(H,13,14)(H,15,16). The molecule has 0 bridgehead atoms. The van der Waals surface area contributed by atoms with E-state index in [0.29, 0.717) is 6.42 Å². The Bertz CT molecular complexity index is 296. The van der Waals surface area contributed by atoms with Crippen molar-refractivity contribution in [3.05, 3.63) is 11.1 Å². The van der Waals surface area contributed by atoms with Gasteiger partial charge in [-0.1, -0.05) is 17.6 Å². The van der Waals surface area contributed by atoms with Crippen molar-refractivity contribution in [3.8, 4) is 0 Å². The first-order chi connectivity index (χ1) is 7.59. The van der Waals surface area contributed by atoms with E-state index >= 15 is 0 Å². The molecule has 90 valence electrons. The van der Waals surface area contributed by atoms with Gasteiger partial charge in [-0.25, -0.2) is 0 Å². The van der Waals surface area contributed by atoms with Crippen molar-refractivity contribution in [2.24, 2.45) is 0 Å². The second-order valence-electron chi connectivity index (χ2n) is 4.23. The highest BCUT2D eigenvalue weighted by atomic mass is 16.4. The maximum atomic E-state index is 10.7. The van der Waals surface area contributed by atoms with Gasteiger partial charge in [-0.3, -0.25) is 9.59 Å². The van der Waals surface area contributed by atoms with Crippen LogP contribution in [0.5, 0.6) is 0 Å². The fourth-order valence-corrected chi connectivity index (χ4v) is 2.16. The molecule has 0 aromatic carbocycles. The summed E-state index contributed by atoms with van der Waals surface area (Å²) in [6.45, 7) is 0. The fourth-order valence-electron chi connectivity index (χ4n) is 2.16. The molecule has 4 nitrogen and oxygen atoms in total. The lowest BCUT2D eigenvalue weighted by atomic mass is 9.88. The van der Waals surface area contributed by atoms with Crippen LogP contribution in [0.15, 0.2) is 11.1 Å². The molecule has 0 saturated heterocycles. The smallest absolute Gasteiger partial charge is 0.307 e. The van der Waals surface area contributed by atoms with Crippen LogP contribution >= 0.6 is 0 Å². The number of carboxylic acids is 2. The Morgan fingerprint density at radius 3 is 2.06 bits per heavy atom. The number of hydrogen-bond donors (Lipinski definition) is 2. The summed E-state index contributed by atoms with van der Waals surface area (Å²) >= 11 is 0. The van der Waals surface area contributed by atoms with Crippen molar-refractivity contribution in [2.75, 3.05) is 0 Å². The molecule has 0 aliphatic heterocycles. The summed E-state index contributed by atoms with van der Waals surface area (Å²) in [7, 11) is 0. The van der Waals surface area contributed by atoms with Crippen LogP contribution in [0.25, 0.3) is 0 Å². The molecular formula is C12H18O4.